The highest BCUT2D eigenvalue weighted by atomic mass is 16.6. The van der Waals surface area contributed by atoms with Crippen LogP contribution in [-0.4, -0.2) is 58.6 Å². The van der Waals surface area contributed by atoms with Crippen LogP contribution in [0.3, 0.4) is 0 Å². The number of aliphatic carboxylic acids is 1. The number of hydroxylamine groups is 1. The van der Waals surface area contributed by atoms with Crippen molar-refractivity contribution in [1.29, 1.82) is 0 Å². The summed E-state index contributed by atoms with van der Waals surface area (Å²) >= 11 is 0. The molecular weight excluding hydrogens is 624 g/mol. The molecule has 0 heterocycles. The maximum absolute atomic E-state index is 13.7. The van der Waals surface area contributed by atoms with Gasteiger partial charge in [0.1, 0.15) is 24.2 Å². The summed E-state index contributed by atoms with van der Waals surface area (Å²) in [7, 11) is 0. The van der Waals surface area contributed by atoms with Gasteiger partial charge in [-0.15, -0.1) is 0 Å². The van der Waals surface area contributed by atoms with E-state index in [0.29, 0.717) is 50.2 Å². The Bertz CT molecular complexity index is 1150. The van der Waals surface area contributed by atoms with Crippen LogP contribution in [0.15, 0.2) is 48.6 Å². The van der Waals surface area contributed by atoms with Gasteiger partial charge in [-0.3, -0.25) is 19.2 Å². The number of hydrogen-bond donors (Lipinski definition) is 4. The summed E-state index contributed by atoms with van der Waals surface area (Å²) in [5.41, 5.74) is 0.748. The van der Waals surface area contributed by atoms with Crippen molar-refractivity contribution >= 4 is 23.6 Å². The Hall–Kier alpha value is -3.50. The lowest BCUT2D eigenvalue weighted by molar-refractivity contribution is -0.167. The van der Waals surface area contributed by atoms with Gasteiger partial charge in [0.2, 0.25) is 5.91 Å². The van der Waals surface area contributed by atoms with Gasteiger partial charge in [0.15, 0.2) is 5.60 Å². The number of ether oxygens (including phenoxy) is 1. The van der Waals surface area contributed by atoms with E-state index < -0.39 is 35.3 Å². The van der Waals surface area contributed by atoms with E-state index in [9.17, 15) is 29.4 Å². The molecule has 0 saturated carbocycles. The van der Waals surface area contributed by atoms with Gasteiger partial charge in [0.25, 0.3) is 5.91 Å². The number of Topliss-reactive ketones (excluding diaryl/α,β-unsaturated/α-hetero) is 1. The number of carbonyl (C=O) groups excluding carboxylic acids is 3. The smallest absolute Gasteiger partial charge is 0.336 e. The number of allylic oxidation sites excluding steroid dienone is 2. The van der Waals surface area contributed by atoms with Crippen LogP contribution in [0.25, 0.3) is 0 Å². The average Bonchev–Trinajstić information content (AvgIpc) is 3.08. The molecule has 0 aliphatic carbocycles. The third kappa shape index (κ3) is 18.2. The lowest BCUT2D eigenvalue weighted by Crippen LogP contribution is -2.56. The second-order valence-electron chi connectivity index (χ2n) is 12.6. The van der Waals surface area contributed by atoms with E-state index in [1.54, 1.807) is 37.3 Å². The molecule has 0 fully saturated rings. The molecule has 49 heavy (non-hydrogen) atoms. The van der Waals surface area contributed by atoms with Gasteiger partial charge in [-0.25, -0.2) is 10.3 Å². The quantitative estimate of drug-likeness (QED) is 0.0393. The van der Waals surface area contributed by atoms with Gasteiger partial charge in [0.05, 0.1) is 12.5 Å². The first-order valence-electron chi connectivity index (χ1n) is 18.3. The minimum atomic E-state index is -2.36. The highest BCUT2D eigenvalue weighted by Gasteiger charge is 2.46. The number of unbranched alkanes of at least 4 members (excludes halogenated alkanes) is 8. The van der Waals surface area contributed by atoms with Crippen LogP contribution in [-0.2, 0) is 30.4 Å². The molecule has 0 aliphatic heterocycles. The Kier molecular flexibility index (Phi) is 23.4. The van der Waals surface area contributed by atoms with Gasteiger partial charge in [0, 0.05) is 19.3 Å². The lowest BCUT2D eigenvalue weighted by atomic mass is 9.82. The monoisotopic (exact) mass is 686 g/mol. The fourth-order valence-corrected chi connectivity index (χ4v) is 5.43. The van der Waals surface area contributed by atoms with Crippen LogP contribution in [0.2, 0.25) is 0 Å². The lowest BCUT2D eigenvalue weighted by Gasteiger charge is -2.31. The molecule has 1 aromatic rings. The predicted molar refractivity (Wildman–Crippen MR) is 193 cm³/mol. The van der Waals surface area contributed by atoms with Gasteiger partial charge in [-0.05, 0) is 63.1 Å². The third-order valence-electron chi connectivity index (χ3n) is 8.32. The van der Waals surface area contributed by atoms with Gasteiger partial charge in [-0.2, -0.15) is 0 Å². The number of amides is 2. The van der Waals surface area contributed by atoms with Crippen LogP contribution in [0, 0.1) is 5.92 Å². The number of carboxylic acid groups (broad SMARTS) is 1. The molecule has 4 N–H and O–H groups in total. The molecule has 0 bridgehead atoms. The van der Waals surface area contributed by atoms with Crippen LogP contribution in [0.1, 0.15) is 130 Å². The summed E-state index contributed by atoms with van der Waals surface area (Å²) in [4.78, 5) is 56.6. The van der Waals surface area contributed by atoms with E-state index in [1.165, 1.54) is 25.3 Å². The van der Waals surface area contributed by atoms with Crippen molar-refractivity contribution in [1.82, 2.24) is 10.8 Å². The van der Waals surface area contributed by atoms with E-state index in [0.717, 1.165) is 44.1 Å². The highest BCUT2D eigenvalue weighted by molar-refractivity contribution is 5.93. The third-order valence-corrected chi connectivity index (χ3v) is 8.32. The Balaban J connectivity index is 2.93. The number of aliphatic hydroxyl groups is 1. The van der Waals surface area contributed by atoms with Crippen molar-refractivity contribution in [2.75, 3.05) is 13.2 Å². The van der Waals surface area contributed by atoms with Crippen molar-refractivity contribution in [3.8, 4) is 5.75 Å². The van der Waals surface area contributed by atoms with Crippen molar-refractivity contribution in [2.45, 2.75) is 142 Å². The van der Waals surface area contributed by atoms with Gasteiger partial charge < -0.3 is 20.3 Å². The van der Waals surface area contributed by atoms with Crippen LogP contribution < -0.4 is 15.5 Å². The number of nitrogens with one attached hydrogen (secondary N) is 2. The van der Waals surface area contributed by atoms with E-state index in [2.05, 4.69) is 17.7 Å². The van der Waals surface area contributed by atoms with E-state index in [4.69, 9.17) is 9.57 Å². The molecular formula is C39H62N2O8. The number of ketones is 1. The fourth-order valence-electron chi connectivity index (χ4n) is 5.43. The van der Waals surface area contributed by atoms with Crippen molar-refractivity contribution in [3.63, 3.8) is 0 Å². The Morgan fingerprint density at radius 3 is 2.08 bits per heavy atom. The molecule has 0 aliphatic rings. The standard InChI is InChI=1S/C39H62N2O8/c1-5-9-11-14-17-20-32(42)21-18-15-12-13-16-19-22-34(39(47,27-7-3)38(45)46)36(43)40-35(37(44)41-49-28-8-4)30-31-23-25-33(26-24-31)48-29-10-6-2/h6,10,19,22-26,34-35,47H,5,7-9,11-18,20-21,27-30H2,1-4H3,(H,40,43)(H,41,44)(H,45,46)/b10-6+,22-19+/t34-,35+,39+/m1/s1. The van der Waals surface area contributed by atoms with Crippen molar-refractivity contribution in [3.05, 3.63) is 54.1 Å². The molecule has 2 amide bonds. The molecule has 276 valence electrons. The molecule has 10 heteroatoms. The summed E-state index contributed by atoms with van der Waals surface area (Å²) < 4.78 is 5.64. The van der Waals surface area contributed by atoms with Crippen LogP contribution in [0.5, 0.6) is 5.75 Å². The Labute approximate surface area is 294 Å². The number of hydrogen-bond acceptors (Lipinski definition) is 7. The van der Waals surface area contributed by atoms with Crippen LogP contribution >= 0.6 is 0 Å². The first-order chi connectivity index (χ1) is 23.6. The summed E-state index contributed by atoms with van der Waals surface area (Å²) in [6.45, 7) is 8.40. The summed E-state index contributed by atoms with van der Waals surface area (Å²) in [6.07, 6.45) is 18.8. The zero-order chi connectivity index (χ0) is 36.3. The number of benzene rings is 1. The molecule has 0 radical (unpaired) electrons. The van der Waals surface area contributed by atoms with Gasteiger partial charge in [-0.1, -0.05) is 102 Å². The SMILES string of the molecule is C/C=C/COc1ccc(C[C@H](NC(=O)[C@@H](/C=C/CCCCCCC(=O)CCCCCCC)[C@@](O)(CCC)C(=O)O)C(=O)NOCCC)cc1. The largest absolute Gasteiger partial charge is 0.490 e. The molecule has 0 spiro atoms. The molecule has 3 atom stereocenters. The second kappa shape index (κ2) is 26.4. The second-order valence-corrected chi connectivity index (χ2v) is 12.6. The maximum atomic E-state index is 13.7. The summed E-state index contributed by atoms with van der Waals surface area (Å²) in [5.74, 6) is -3.34. The zero-order valence-electron chi connectivity index (χ0n) is 30.3. The number of rotatable bonds is 29. The summed E-state index contributed by atoms with van der Waals surface area (Å²) in [6, 6.07) is 6.02. The minimum absolute atomic E-state index is 0.0965. The van der Waals surface area contributed by atoms with Gasteiger partial charge >= 0.3 is 5.97 Å². The Morgan fingerprint density at radius 1 is 0.837 bits per heavy atom. The topological polar surface area (TPSA) is 151 Å². The average molecular weight is 687 g/mol. The van der Waals surface area contributed by atoms with Crippen molar-refractivity contribution in [2.24, 2.45) is 5.92 Å². The number of carbonyl (C=O) groups is 4. The van der Waals surface area contributed by atoms with E-state index in [1.807, 2.05) is 26.0 Å². The highest BCUT2D eigenvalue weighted by Crippen LogP contribution is 2.27. The first-order valence-corrected chi connectivity index (χ1v) is 18.3. The van der Waals surface area contributed by atoms with Crippen molar-refractivity contribution < 1.29 is 39.0 Å². The fraction of sp³-hybridized carbons (Fsp3) is 0.641. The molecule has 0 unspecified atom stereocenters. The predicted octanol–water partition coefficient (Wildman–Crippen LogP) is 7.19. The molecule has 1 aromatic carbocycles. The van der Waals surface area contributed by atoms with E-state index >= 15 is 0 Å². The first kappa shape index (κ1) is 43.5. The Morgan fingerprint density at radius 2 is 1.49 bits per heavy atom. The molecule has 0 saturated heterocycles. The van der Waals surface area contributed by atoms with E-state index in [-0.39, 0.29) is 19.4 Å². The molecule has 0 aromatic heterocycles. The number of carboxylic acids is 1. The molecule has 10 nitrogen and oxygen atoms in total. The molecule has 1 rings (SSSR count). The maximum Gasteiger partial charge on any atom is 0.336 e. The normalized spacial score (nSPS) is 14.0. The van der Waals surface area contributed by atoms with Crippen LogP contribution in [0.4, 0.5) is 0 Å². The minimum Gasteiger partial charge on any atom is -0.490 e. The zero-order valence-corrected chi connectivity index (χ0v) is 30.3. The summed E-state index contributed by atoms with van der Waals surface area (Å²) in [5, 5.41) is 24.0.